The van der Waals surface area contributed by atoms with Gasteiger partial charge in [0.2, 0.25) is 11.8 Å². The van der Waals surface area contributed by atoms with Gasteiger partial charge in [-0.25, -0.2) is 0 Å². The molecule has 4 atom stereocenters. The van der Waals surface area contributed by atoms with Crippen LogP contribution in [-0.4, -0.2) is 105 Å². The van der Waals surface area contributed by atoms with Gasteiger partial charge in [-0.1, -0.05) is 0 Å². The standard InChI is InChI=1S/C25H33IN2O9/c1-34-8-5-28(25(33)16-3-7-36-14-16)19-11-17(24(32)27-4-6-29)12-20(22(19)31)37-23-18(26)9-15(13-30)10-21(23)35-2/h9-10,12-13,16,19-20,22,29,31H,3-8,11,14H2,1-2H3,(H,27,32). The minimum absolute atomic E-state index is 0.0551. The van der Waals surface area contributed by atoms with Crippen molar-refractivity contribution in [2.75, 3.05) is 53.7 Å². The van der Waals surface area contributed by atoms with Crippen molar-refractivity contribution in [2.45, 2.75) is 31.1 Å². The van der Waals surface area contributed by atoms with Crippen LogP contribution in [0.1, 0.15) is 23.2 Å². The average Bonchev–Trinajstić information content (AvgIpc) is 3.45. The van der Waals surface area contributed by atoms with Crippen molar-refractivity contribution < 1.29 is 43.5 Å². The third-order valence-electron chi connectivity index (χ3n) is 6.35. The third kappa shape index (κ3) is 7.19. The van der Waals surface area contributed by atoms with Crippen molar-refractivity contribution in [1.82, 2.24) is 10.2 Å². The number of rotatable bonds is 12. The zero-order valence-corrected chi connectivity index (χ0v) is 23.0. The molecule has 1 saturated heterocycles. The summed E-state index contributed by atoms with van der Waals surface area (Å²) >= 11 is 2.00. The van der Waals surface area contributed by atoms with Crippen molar-refractivity contribution in [3.05, 3.63) is 32.9 Å². The molecule has 2 amide bonds. The molecular weight excluding hydrogens is 599 g/mol. The molecule has 11 nitrogen and oxygen atoms in total. The molecule has 4 unspecified atom stereocenters. The first-order chi connectivity index (χ1) is 17.8. The summed E-state index contributed by atoms with van der Waals surface area (Å²) in [5.41, 5.74) is 0.704. The van der Waals surface area contributed by atoms with E-state index in [1.54, 1.807) is 11.0 Å². The highest BCUT2D eigenvalue weighted by Gasteiger charge is 2.42. The number of carbonyl (C=O) groups excluding carboxylic acids is 3. The van der Waals surface area contributed by atoms with Gasteiger partial charge in [0.25, 0.3) is 0 Å². The normalized spacial score (nSPS) is 23.2. The van der Waals surface area contributed by atoms with Crippen LogP contribution in [0.15, 0.2) is 23.8 Å². The van der Waals surface area contributed by atoms with E-state index in [-0.39, 0.29) is 44.5 Å². The number of benzene rings is 1. The fourth-order valence-corrected chi connectivity index (χ4v) is 5.18. The third-order valence-corrected chi connectivity index (χ3v) is 7.16. The van der Waals surface area contributed by atoms with E-state index in [2.05, 4.69) is 5.32 Å². The van der Waals surface area contributed by atoms with E-state index in [1.807, 2.05) is 22.6 Å². The predicted molar refractivity (Wildman–Crippen MR) is 141 cm³/mol. The highest BCUT2D eigenvalue weighted by atomic mass is 127. The van der Waals surface area contributed by atoms with E-state index < -0.39 is 24.2 Å². The van der Waals surface area contributed by atoms with E-state index in [9.17, 15) is 19.5 Å². The van der Waals surface area contributed by atoms with Crippen molar-refractivity contribution in [3.63, 3.8) is 0 Å². The highest BCUT2D eigenvalue weighted by Crippen LogP contribution is 2.37. The summed E-state index contributed by atoms with van der Waals surface area (Å²) in [4.78, 5) is 39.2. The largest absolute Gasteiger partial charge is 0.493 e. The van der Waals surface area contributed by atoms with Crippen LogP contribution in [0.3, 0.4) is 0 Å². The summed E-state index contributed by atoms with van der Waals surface area (Å²) in [5, 5.41) is 23.3. The zero-order valence-electron chi connectivity index (χ0n) is 20.9. The Hall–Kier alpha value is -2.26. The molecule has 2 aliphatic rings. The van der Waals surface area contributed by atoms with Crippen LogP contribution in [0.4, 0.5) is 0 Å². The van der Waals surface area contributed by atoms with Crippen LogP contribution in [-0.2, 0) is 19.1 Å². The molecule has 1 aliphatic heterocycles. The minimum atomic E-state index is -1.19. The number of methoxy groups -OCH3 is 2. The van der Waals surface area contributed by atoms with Crippen molar-refractivity contribution in [3.8, 4) is 11.5 Å². The van der Waals surface area contributed by atoms with Gasteiger partial charge in [-0.15, -0.1) is 0 Å². The molecule has 0 saturated carbocycles. The molecule has 1 heterocycles. The van der Waals surface area contributed by atoms with Gasteiger partial charge < -0.3 is 39.4 Å². The van der Waals surface area contributed by atoms with Crippen LogP contribution in [0.2, 0.25) is 0 Å². The number of hydrogen-bond acceptors (Lipinski definition) is 9. The monoisotopic (exact) mass is 632 g/mol. The van der Waals surface area contributed by atoms with Crippen LogP contribution in [0.5, 0.6) is 11.5 Å². The van der Waals surface area contributed by atoms with Gasteiger partial charge in [-0.05, 0) is 47.2 Å². The van der Waals surface area contributed by atoms with Gasteiger partial charge in [-0.2, -0.15) is 0 Å². The second-order valence-corrected chi connectivity index (χ2v) is 9.92. The maximum Gasteiger partial charge on any atom is 0.247 e. The summed E-state index contributed by atoms with van der Waals surface area (Å²) in [7, 11) is 2.96. The molecule has 37 heavy (non-hydrogen) atoms. The molecule has 1 fully saturated rings. The molecule has 0 aromatic heterocycles. The number of nitrogens with one attached hydrogen (secondary N) is 1. The van der Waals surface area contributed by atoms with Crippen LogP contribution in [0.25, 0.3) is 0 Å². The minimum Gasteiger partial charge on any atom is -0.493 e. The molecule has 12 heteroatoms. The lowest BCUT2D eigenvalue weighted by Gasteiger charge is -2.41. The van der Waals surface area contributed by atoms with E-state index in [0.29, 0.717) is 52.1 Å². The molecule has 1 aromatic carbocycles. The number of amides is 2. The molecule has 1 aromatic rings. The Bertz CT molecular complexity index is 997. The average molecular weight is 632 g/mol. The first kappa shape index (κ1) is 29.3. The quantitative estimate of drug-likeness (QED) is 0.222. The summed E-state index contributed by atoms with van der Waals surface area (Å²) in [5.74, 6) is -0.377. The molecule has 3 rings (SSSR count). The number of aldehydes is 1. The molecule has 0 radical (unpaired) electrons. The maximum atomic E-state index is 13.5. The fraction of sp³-hybridized carbons (Fsp3) is 0.560. The van der Waals surface area contributed by atoms with Gasteiger partial charge in [-0.3, -0.25) is 14.4 Å². The molecule has 0 bridgehead atoms. The zero-order chi connectivity index (χ0) is 26.9. The Kier molecular flexibility index (Phi) is 11.1. The van der Waals surface area contributed by atoms with Gasteiger partial charge >= 0.3 is 0 Å². The number of nitrogens with zero attached hydrogens (tertiary/aromatic N) is 1. The Morgan fingerprint density at radius 1 is 1.32 bits per heavy atom. The SMILES string of the molecule is COCCN(C(=O)C1CCOC1)C1CC(C(=O)NCCO)=CC(Oc2c(I)cc(C=O)cc2OC)C1O. The number of carbonyl (C=O) groups is 3. The summed E-state index contributed by atoms with van der Waals surface area (Å²) in [6.45, 7) is 1.05. The number of halogens is 1. The maximum absolute atomic E-state index is 13.5. The van der Waals surface area contributed by atoms with E-state index in [0.717, 1.165) is 0 Å². The second kappa shape index (κ2) is 14.0. The van der Waals surface area contributed by atoms with Crippen LogP contribution < -0.4 is 14.8 Å². The lowest BCUT2D eigenvalue weighted by atomic mass is 9.87. The number of hydrogen-bond donors (Lipinski definition) is 3. The summed E-state index contributed by atoms with van der Waals surface area (Å²) < 4.78 is 22.8. The Morgan fingerprint density at radius 3 is 2.73 bits per heavy atom. The molecule has 1 aliphatic carbocycles. The van der Waals surface area contributed by atoms with Crippen LogP contribution >= 0.6 is 22.6 Å². The number of aliphatic hydroxyl groups excluding tert-OH is 2. The Morgan fingerprint density at radius 2 is 2.11 bits per heavy atom. The van der Waals surface area contributed by atoms with Gasteiger partial charge in [0.1, 0.15) is 18.5 Å². The van der Waals surface area contributed by atoms with Crippen molar-refractivity contribution >= 4 is 40.7 Å². The predicted octanol–water partition coefficient (Wildman–Crippen LogP) is 0.539. The summed E-state index contributed by atoms with van der Waals surface area (Å²) in [6.07, 6.45) is 0.659. The lowest BCUT2D eigenvalue weighted by molar-refractivity contribution is -0.143. The molecule has 0 spiro atoms. The van der Waals surface area contributed by atoms with E-state index in [1.165, 1.54) is 26.4 Å². The molecule has 204 valence electrons. The van der Waals surface area contributed by atoms with Gasteiger partial charge in [0.15, 0.2) is 11.5 Å². The topological polar surface area (TPSA) is 144 Å². The molecular formula is C25H33IN2O9. The molecule has 3 N–H and O–H groups in total. The number of ether oxygens (including phenoxy) is 4. The van der Waals surface area contributed by atoms with Crippen LogP contribution in [0, 0.1) is 9.49 Å². The van der Waals surface area contributed by atoms with Crippen molar-refractivity contribution in [2.24, 2.45) is 5.92 Å². The van der Waals surface area contributed by atoms with Crippen molar-refractivity contribution in [1.29, 1.82) is 0 Å². The van der Waals surface area contributed by atoms with E-state index in [4.69, 9.17) is 24.1 Å². The van der Waals surface area contributed by atoms with Gasteiger partial charge in [0.05, 0.1) is 42.5 Å². The second-order valence-electron chi connectivity index (χ2n) is 8.75. The first-order valence-electron chi connectivity index (χ1n) is 12.0. The lowest BCUT2D eigenvalue weighted by Crippen LogP contribution is -2.57. The Balaban J connectivity index is 1.98. The smallest absolute Gasteiger partial charge is 0.247 e. The summed E-state index contributed by atoms with van der Waals surface area (Å²) in [6, 6.07) is 2.35. The highest BCUT2D eigenvalue weighted by molar-refractivity contribution is 14.1. The van der Waals surface area contributed by atoms with Gasteiger partial charge in [0, 0.05) is 44.4 Å². The Labute approximate surface area is 229 Å². The first-order valence-corrected chi connectivity index (χ1v) is 13.1. The van der Waals surface area contributed by atoms with E-state index >= 15 is 0 Å². The fourth-order valence-electron chi connectivity index (χ4n) is 4.43. The number of aliphatic hydroxyl groups is 2.